The van der Waals surface area contributed by atoms with E-state index in [4.69, 9.17) is 9.26 Å². The monoisotopic (exact) mass is 351 g/mol. The Balaban J connectivity index is 2.51. The van der Waals surface area contributed by atoms with Crippen LogP contribution in [0.4, 0.5) is 10.2 Å². The summed E-state index contributed by atoms with van der Waals surface area (Å²) in [6.07, 6.45) is 0.574. The van der Waals surface area contributed by atoms with Crippen molar-refractivity contribution in [2.45, 2.75) is 19.4 Å². The Bertz CT molecular complexity index is 741. The molecule has 0 saturated heterocycles. The molecule has 2 rings (SSSR count). The molecule has 1 aromatic carbocycles. The van der Waals surface area contributed by atoms with E-state index in [1.165, 1.54) is 25.3 Å². The van der Waals surface area contributed by atoms with Crippen LogP contribution < -0.4 is 15.0 Å². The minimum atomic E-state index is -0.518. The molecule has 25 heavy (non-hydrogen) atoms. The quantitative estimate of drug-likeness (QED) is 0.794. The van der Waals surface area contributed by atoms with Crippen LogP contribution in [0, 0.1) is 5.82 Å². The normalized spacial score (nSPS) is 11.9. The van der Waals surface area contributed by atoms with E-state index in [1.807, 2.05) is 6.92 Å². The fourth-order valence-corrected chi connectivity index (χ4v) is 2.32. The molecule has 0 unspecified atom stereocenters. The van der Waals surface area contributed by atoms with Crippen molar-refractivity contribution < 1.29 is 23.6 Å². The van der Waals surface area contributed by atoms with Crippen LogP contribution in [0.3, 0.4) is 0 Å². The summed E-state index contributed by atoms with van der Waals surface area (Å²) >= 11 is 0. The number of carbonyl (C=O) groups is 1. The summed E-state index contributed by atoms with van der Waals surface area (Å²) in [5.41, 5.74) is 0.673. The maximum Gasteiger partial charge on any atom is 0.259 e. The Morgan fingerprint density at radius 1 is 1.48 bits per heavy atom. The highest BCUT2D eigenvalue weighted by atomic mass is 19.1. The van der Waals surface area contributed by atoms with Gasteiger partial charge in [-0.3, -0.25) is 4.79 Å². The number of aliphatic hydroxyl groups excluding tert-OH is 1. The van der Waals surface area contributed by atoms with E-state index in [9.17, 15) is 14.3 Å². The molecule has 0 aliphatic rings. The van der Waals surface area contributed by atoms with Crippen molar-refractivity contribution in [3.63, 3.8) is 0 Å². The van der Waals surface area contributed by atoms with Gasteiger partial charge in [0.15, 0.2) is 23.1 Å². The number of rotatable bonds is 7. The number of amides is 1. The van der Waals surface area contributed by atoms with Gasteiger partial charge in [0.1, 0.15) is 5.56 Å². The van der Waals surface area contributed by atoms with Gasteiger partial charge in [-0.25, -0.2) is 4.39 Å². The lowest BCUT2D eigenvalue weighted by Crippen LogP contribution is -2.37. The number of hydrogen-bond donors (Lipinski definition) is 2. The van der Waals surface area contributed by atoms with Crippen molar-refractivity contribution in [1.29, 1.82) is 0 Å². The molecule has 1 aromatic heterocycles. The number of nitrogens with one attached hydrogen (secondary N) is 1. The molecule has 2 N–H and O–H groups in total. The number of benzene rings is 1. The standard InChI is InChI=1S/C17H22FN3O4/c1-5-11(9-22)19-17(23)14-15(25-20-16(14)21(2)3)10-6-7-12(18)13(8-10)24-4/h6-8,11,22H,5,9H2,1-4H3,(H,19,23)/t11-/m0/s1. The van der Waals surface area contributed by atoms with E-state index in [-0.39, 0.29) is 29.7 Å². The van der Waals surface area contributed by atoms with Gasteiger partial charge in [-0.15, -0.1) is 0 Å². The molecule has 0 spiro atoms. The highest BCUT2D eigenvalue weighted by molar-refractivity contribution is 6.04. The molecule has 8 heteroatoms. The number of anilines is 1. The lowest BCUT2D eigenvalue weighted by atomic mass is 10.1. The molecule has 0 bridgehead atoms. The molecule has 1 heterocycles. The molecule has 136 valence electrons. The SMILES string of the molecule is CC[C@@H](CO)NC(=O)c1c(N(C)C)noc1-c1ccc(F)c(OC)c1. The summed E-state index contributed by atoms with van der Waals surface area (Å²) < 4.78 is 24.0. The van der Waals surface area contributed by atoms with Crippen LogP contribution in [-0.2, 0) is 0 Å². The topological polar surface area (TPSA) is 87.8 Å². The third kappa shape index (κ3) is 3.90. The van der Waals surface area contributed by atoms with Gasteiger partial charge in [-0.2, -0.15) is 0 Å². The first-order valence-corrected chi connectivity index (χ1v) is 7.85. The van der Waals surface area contributed by atoms with Crippen molar-refractivity contribution in [1.82, 2.24) is 10.5 Å². The lowest BCUT2D eigenvalue weighted by Gasteiger charge is -2.16. The van der Waals surface area contributed by atoms with Crippen LogP contribution in [-0.4, -0.2) is 50.0 Å². The number of halogens is 1. The Hall–Kier alpha value is -2.61. The molecule has 0 fully saturated rings. The van der Waals surface area contributed by atoms with Crippen LogP contribution in [0.2, 0.25) is 0 Å². The second kappa shape index (κ2) is 7.98. The summed E-state index contributed by atoms with van der Waals surface area (Å²) in [6, 6.07) is 3.77. The maximum absolute atomic E-state index is 13.7. The number of nitrogens with zero attached hydrogens (tertiary/aromatic N) is 2. The molecule has 1 atom stereocenters. The van der Waals surface area contributed by atoms with Gasteiger partial charge in [-0.1, -0.05) is 12.1 Å². The summed E-state index contributed by atoms with van der Waals surface area (Å²) in [6.45, 7) is 1.68. The minimum Gasteiger partial charge on any atom is -0.494 e. The Morgan fingerprint density at radius 2 is 2.20 bits per heavy atom. The smallest absolute Gasteiger partial charge is 0.259 e. The van der Waals surface area contributed by atoms with Gasteiger partial charge in [-0.05, 0) is 24.6 Å². The minimum absolute atomic E-state index is 0.0356. The van der Waals surface area contributed by atoms with E-state index < -0.39 is 11.7 Å². The van der Waals surface area contributed by atoms with E-state index in [0.717, 1.165) is 0 Å². The molecule has 1 amide bonds. The first kappa shape index (κ1) is 18.7. The first-order valence-electron chi connectivity index (χ1n) is 7.85. The zero-order valence-electron chi connectivity index (χ0n) is 14.7. The first-order chi connectivity index (χ1) is 11.9. The summed E-state index contributed by atoms with van der Waals surface area (Å²) in [4.78, 5) is 14.4. The molecule has 0 saturated carbocycles. The summed E-state index contributed by atoms with van der Waals surface area (Å²) in [7, 11) is 4.81. The van der Waals surface area contributed by atoms with Crippen molar-refractivity contribution in [2.75, 3.05) is 32.7 Å². The average molecular weight is 351 g/mol. The van der Waals surface area contributed by atoms with Gasteiger partial charge < -0.3 is 24.6 Å². The van der Waals surface area contributed by atoms with Gasteiger partial charge in [0.25, 0.3) is 5.91 Å². The molecule has 0 aliphatic carbocycles. The van der Waals surface area contributed by atoms with Gasteiger partial charge in [0, 0.05) is 19.7 Å². The molecule has 7 nitrogen and oxygen atoms in total. The summed E-state index contributed by atoms with van der Waals surface area (Å²) in [5.74, 6) is -0.371. The molecule has 0 radical (unpaired) electrons. The van der Waals surface area contributed by atoms with E-state index in [1.54, 1.807) is 19.0 Å². The van der Waals surface area contributed by atoms with Crippen LogP contribution in [0.5, 0.6) is 5.75 Å². The van der Waals surface area contributed by atoms with Gasteiger partial charge in [0.2, 0.25) is 0 Å². The maximum atomic E-state index is 13.7. The molecule has 0 aliphatic heterocycles. The molecular weight excluding hydrogens is 329 g/mol. The van der Waals surface area contributed by atoms with E-state index >= 15 is 0 Å². The number of aromatic nitrogens is 1. The molecule has 2 aromatic rings. The highest BCUT2D eigenvalue weighted by Gasteiger charge is 2.27. The van der Waals surface area contributed by atoms with Gasteiger partial charge in [0.05, 0.1) is 19.8 Å². The fourth-order valence-electron chi connectivity index (χ4n) is 2.32. The Morgan fingerprint density at radius 3 is 2.76 bits per heavy atom. The second-order valence-corrected chi connectivity index (χ2v) is 5.72. The number of ether oxygens (including phenoxy) is 1. The van der Waals surface area contributed by atoms with E-state index in [2.05, 4.69) is 10.5 Å². The van der Waals surface area contributed by atoms with Gasteiger partial charge >= 0.3 is 0 Å². The number of aliphatic hydroxyl groups is 1. The second-order valence-electron chi connectivity index (χ2n) is 5.72. The lowest BCUT2D eigenvalue weighted by molar-refractivity contribution is 0.0915. The van der Waals surface area contributed by atoms with Crippen molar-refractivity contribution in [3.8, 4) is 17.1 Å². The fraction of sp³-hybridized carbons (Fsp3) is 0.412. The Labute approximate surface area is 145 Å². The van der Waals surface area contributed by atoms with Crippen molar-refractivity contribution >= 4 is 11.7 Å². The van der Waals surface area contributed by atoms with E-state index in [0.29, 0.717) is 17.8 Å². The predicted molar refractivity (Wildman–Crippen MR) is 91.4 cm³/mol. The van der Waals surface area contributed by atoms with Crippen molar-refractivity contribution in [3.05, 3.63) is 29.6 Å². The highest BCUT2D eigenvalue weighted by Crippen LogP contribution is 2.33. The van der Waals surface area contributed by atoms with Crippen LogP contribution >= 0.6 is 0 Å². The zero-order valence-corrected chi connectivity index (χ0v) is 14.7. The Kier molecular flexibility index (Phi) is 5.97. The van der Waals surface area contributed by atoms with Crippen LogP contribution in [0.25, 0.3) is 11.3 Å². The van der Waals surface area contributed by atoms with Crippen molar-refractivity contribution in [2.24, 2.45) is 0 Å². The van der Waals surface area contributed by atoms with Crippen LogP contribution in [0.1, 0.15) is 23.7 Å². The largest absolute Gasteiger partial charge is 0.494 e. The third-order valence-corrected chi connectivity index (χ3v) is 3.79. The number of carbonyl (C=O) groups excluding carboxylic acids is 1. The molecular formula is C17H22FN3O4. The number of methoxy groups -OCH3 is 1. The summed E-state index contributed by atoms with van der Waals surface area (Å²) in [5, 5.41) is 16.0. The van der Waals surface area contributed by atoms with Crippen LogP contribution in [0.15, 0.2) is 22.7 Å². The number of hydrogen-bond acceptors (Lipinski definition) is 6. The zero-order chi connectivity index (χ0) is 18.6. The third-order valence-electron chi connectivity index (χ3n) is 3.79. The predicted octanol–water partition coefficient (Wildman–Crippen LogP) is 2.06. The average Bonchev–Trinajstić information content (AvgIpc) is 3.05.